The lowest BCUT2D eigenvalue weighted by atomic mass is 10.0. The van der Waals surface area contributed by atoms with Crippen molar-refractivity contribution in [1.82, 2.24) is 4.98 Å². The van der Waals surface area contributed by atoms with Crippen LogP contribution < -0.4 is 4.74 Å². The SMILES string of the molecule is CCOC(=O)c1ccc(CC(=O)Cc2ccc(OC)nc2)cc1. The molecule has 5 heteroatoms. The average Bonchev–Trinajstić information content (AvgIpc) is 2.56. The number of carbonyl (C=O) groups is 2. The third-order valence-corrected chi connectivity index (χ3v) is 3.27. The molecule has 2 aromatic rings. The number of ketones is 1. The molecular formula is C18H19NO4. The Balaban J connectivity index is 1.93. The van der Waals surface area contributed by atoms with Crippen LogP contribution in [0.5, 0.6) is 5.88 Å². The molecule has 0 atom stereocenters. The number of carbonyl (C=O) groups excluding carboxylic acids is 2. The lowest BCUT2D eigenvalue weighted by Gasteiger charge is -2.05. The first-order valence-corrected chi connectivity index (χ1v) is 7.39. The van der Waals surface area contributed by atoms with Crippen molar-refractivity contribution < 1.29 is 19.1 Å². The normalized spacial score (nSPS) is 10.2. The quantitative estimate of drug-likeness (QED) is 0.735. The smallest absolute Gasteiger partial charge is 0.338 e. The van der Waals surface area contributed by atoms with Crippen LogP contribution in [0.4, 0.5) is 0 Å². The molecule has 0 aliphatic carbocycles. The molecule has 0 spiro atoms. The van der Waals surface area contributed by atoms with Gasteiger partial charge in [0.25, 0.3) is 0 Å². The zero-order valence-corrected chi connectivity index (χ0v) is 13.2. The van der Waals surface area contributed by atoms with Gasteiger partial charge in [-0.05, 0) is 30.2 Å². The molecule has 0 aliphatic heterocycles. The highest BCUT2D eigenvalue weighted by molar-refractivity contribution is 5.89. The summed E-state index contributed by atoms with van der Waals surface area (Å²) in [5.74, 6) is 0.256. The molecule has 0 saturated carbocycles. The molecule has 0 aliphatic rings. The highest BCUT2D eigenvalue weighted by atomic mass is 16.5. The molecule has 1 aromatic carbocycles. The van der Waals surface area contributed by atoms with Gasteiger partial charge < -0.3 is 9.47 Å². The topological polar surface area (TPSA) is 65.5 Å². The molecule has 0 amide bonds. The van der Waals surface area contributed by atoms with Crippen molar-refractivity contribution in [3.05, 3.63) is 59.3 Å². The zero-order valence-electron chi connectivity index (χ0n) is 13.2. The summed E-state index contributed by atoms with van der Waals surface area (Å²) in [6.45, 7) is 2.11. The Labute approximate surface area is 135 Å². The summed E-state index contributed by atoms with van der Waals surface area (Å²) in [6, 6.07) is 10.5. The summed E-state index contributed by atoms with van der Waals surface area (Å²) < 4.78 is 9.91. The van der Waals surface area contributed by atoms with Crippen LogP contribution in [0.25, 0.3) is 0 Å². The standard InChI is InChI=1S/C18H19NO4/c1-3-23-18(21)15-7-4-13(5-8-15)10-16(20)11-14-6-9-17(22-2)19-12-14/h4-9,12H,3,10-11H2,1-2H3. The first kappa shape index (κ1) is 16.7. The van der Waals surface area contributed by atoms with Crippen LogP contribution in [-0.4, -0.2) is 30.5 Å². The fourth-order valence-corrected chi connectivity index (χ4v) is 2.13. The molecule has 120 valence electrons. The minimum absolute atomic E-state index is 0.0841. The van der Waals surface area contributed by atoms with Gasteiger partial charge in [-0.2, -0.15) is 0 Å². The fraction of sp³-hybridized carbons (Fsp3) is 0.278. The van der Waals surface area contributed by atoms with Gasteiger partial charge >= 0.3 is 5.97 Å². The van der Waals surface area contributed by atoms with Gasteiger partial charge in [-0.1, -0.05) is 18.2 Å². The Morgan fingerprint density at radius 2 is 1.65 bits per heavy atom. The monoisotopic (exact) mass is 313 g/mol. The number of Topliss-reactive ketones (excluding diaryl/α,β-unsaturated/α-hetero) is 1. The van der Waals surface area contributed by atoms with E-state index in [0.717, 1.165) is 11.1 Å². The van der Waals surface area contributed by atoms with Crippen LogP contribution in [0.1, 0.15) is 28.4 Å². The van der Waals surface area contributed by atoms with Crippen molar-refractivity contribution >= 4 is 11.8 Å². The zero-order chi connectivity index (χ0) is 16.7. The van der Waals surface area contributed by atoms with Crippen molar-refractivity contribution in [2.45, 2.75) is 19.8 Å². The third-order valence-electron chi connectivity index (χ3n) is 3.27. The molecule has 0 bridgehead atoms. The maximum atomic E-state index is 12.1. The number of aromatic nitrogens is 1. The van der Waals surface area contributed by atoms with Gasteiger partial charge in [-0.25, -0.2) is 9.78 Å². The minimum atomic E-state index is -0.352. The van der Waals surface area contributed by atoms with Gasteiger partial charge in [0.2, 0.25) is 5.88 Å². The van der Waals surface area contributed by atoms with Gasteiger partial charge in [0.05, 0.1) is 19.3 Å². The molecule has 1 aromatic heterocycles. The van der Waals surface area contributed by atoms with Crippen molar-refractivity contribution in [3.63, 3.8) is 0 Å². The van der Waals surface area contributed by atoms with Gasteiger partial charge in [-0.3, -0.25) is 4.79 Å². The summed E-state index contributed by atoms with van der Waals surface area (Å²) in [6.07, 6.45) is 2.27. The number of rotatable bonds is 7. The van der Waals surface area contributed by atoms with E-state index in [2.05, 4.69) is 4.98 Å². The van der Waals surface area contributed by atoms with Crippen LogP contribution in [0.2, 0.25) is 0 Å². The molecule has 0 fully saturated rings. The second-order valence-corrected chi connectivity index (χ2v) is 5.02. The number of ether oxygens (including phenoxy) is 2. The Hall–Kier alpha value is -2.69. The molecule has 0 saturated heterocycles. The van der Waals surface area contributed by atoms with Crippen LogP contribution in [0.15, 0.2) is 42.6 Å². The number of hydrogen-bond acceptors (Lipinski definition) is 5. The maximum Gasteiger partial charge on any atom is 0.338 e. The molecular weight excluding hydrogens is 294 g/mol. The highest BCUT2D eigenvalue weighted by Gasteiger charge is 2.09. The van der Waals surface area contributed by atoms with Gasteiger partial charge in [-0.15, -0.1) is 0 Å². The van der Waals surface area contributed by atoms with E-state index in [1.165, 1.54) is 0 Å². The van der Waals surface area contributed by atoms with E-state index in [0.29, 0.717) is 30.9 Å². The van der Waals surface area contributed by atoms with E-state index in [9.17, 15) is 9.59 Å². The predicted octanol–water partition coefficient (Wildman–Crippen LogP) is 2.62. The number of esters is 1. The second-order valence-electron chi connectivity index (χ2n) is 5.02. The lowest BCUT2D eigenvalue weighted by Crippen LogP contribution is -2.08. The summed E-state index contributed by atoms with van der Waals surface area (Å²) >= 11 is 0. The minimum Gasteiger partial charge on any atom is -0.481 e. The Morgan fingerprint density at radius 1 is 1.00 bits per heavy atom. The molecule has 5 nitrogen and oxygen atoms in total. The Bertz CT molecular complexity index is 662. The molecule has 0 N–H and O–H groups in total. The summed E-state index contributed by atoms with van der Waals surface area (Å²) in [4.78, 5) is 27.8. The number of methoxy groups -OCH3 is 1. The number of benzene rings is 1. The lowest BCUT2D eigenvalue weighted by molar-refractivity contribution is -0.117. The molecule has 0 radical (unpaired) electrons. The number of hydrogen-bond donors (Lipinski definition) is 0. The van der Waals surface area contributed by atoms with Crippen molar-refractivity contribution in [1.29, 1.82) is 0 Å². The van der Waals surface area contributed by atoms with Crippen LogP contribution in [0.3, 0.4) is 0 Å². The van der Waals surface area contributed by atoms with Crippen molar-refractivity contribution in [3.8, 4) is 5.88 Å². The van der Waals surface area contributed by atoms with E-state index in [-0.39, 0.29) is 11.8 Å². The van der Waals surface area contributed by atoms with E-state index < -0.39 is 0 Å². The summed E-state index contributed by atoms with van der Waals surface area (Å²) in [5, 5.41) is 0. The predicted molar refractivity (Wildman–Crippen MR) is 85.6 cm³/mol. The maximum absolute atomic E-state index is 12.1. The molecule has 1 heterocycles. The van der Waals surface area contributed by atoms with Crippen LogP contribution in [-0.2, 0) is 22.4 Å². The summed E-state index contributed by atoms with van der Waals surface area (Å²) in [7, 11) is 1.55. The first-order valence-electron chi connectivity index (χ1n) is 7.39. The van der Waals surface area contributed by atoms with E-state index in [1.807, 2.05) is 6.07 Å². The van der Waals surface area contributed by atoms with Crippen molar-refractivity contribution in [2.75, 3.05) is 13.7 Å². The van der Waals surface area contributed by atoms with Gasteiger partial charge in [0, 0.05) is 25.1 Å². The van der Waals surface area contributed by atoms with E-state index >= 15 is 0 Å². The van der Waals surface area contributed by atoms with Crippen LogP contribution in [0, 0.1) is 0 Å². The second kappa shape index (κ2) is 8.08. The first-order chi connectivity index (χ1) is 11.1. The van der Waals surface area contributed by atoms with E-state index in [1.54, 1.807) is 50.6 Å². The van der Waals surface area contributed by atoms with Gasteiger partial charge in [0.1, 0.15) is 5.78 Å². The highest BCUT2D eigenvalue weighted by Crippen LogP contribution is 2.11. The Kier molecular flexibility index (Phi) is 5.86. The molecule has 2 rings (SSSR count). The Morgan fingerprint density at radius 3 is 2.22 bits per heavy atom. The largest absolute Gasteiger partial charge is 0.481 e. The number of pyridine rings is 1. The van der Waals surface area contributed by atoms with Gasteiger partial charge in [0.15, 0.2) is 0 Å². The third kappa shape index (κ3) is 4.92. The van der Waals surface area contributed by atoms with Crippen LogP contribution >= 0.6 is 0 Å². The van der Waals surface area contributed by atoms with E-state index in [4.69, 9.17) is 9.47 Å². The molecule has 0 unspecified atom stereocenters. The summed E-state index contributed by atoms with van der Waals surface area (Å²) in [5.41, 5.74) is 2.20. The fourth-order valence-electron chi connectivity index (χ4n) is 2.13. The average molecular weight is 313 g/mol. The molecule has 23 heavy (non-hydrogen) atoms. The number of nitrogens with zero attached hydrogens (tertiary/aromatic N) is 1. The van der Waals surface area contributed by atoms with Crippen molar-refractivity contribution in [2.24, 2.45) is 0 Å².